The lowest BCUT2D eigenvalue weighted by atomic mass is 10.0. The van der Waals surface area contributed by atoms with Gasteiger partial charge < -0.3 is 10.1 Å². The zero-order chi connectivity index (χ0) is 13.8. The molecule has 0 radical (unpaired) electrons. The van der Waals surface area contributed by atoms with Crippen molar-refractivity contribution in [2.75, 3.05) is 14.2 Å². The number of hydrogen-bond donors (Lipinski definition) is 1. The fourth-order valence-electron chi connectivity index (χ4n) is 1.99. The summed E-state index contributed by atoms with van der Waals surface area (Å²) in [5.41, 5.74) is 0.0947. The number of hydrogen-bond acceptors (Lipinski definition) is 3. The van der Waals surface area contributed by atoms with Crippen LogP contribution in [0.25, 0.3) is 0 Å². The molecule has 5 heteroatoms. The van der Waals surface area contributed by atoms with Crippen LogP contribution in [0.1, 0.15) is 16.5 Å². The van der Waals surface area contributed by atoms with Crippen molar-refractivity contribution in [3.05, 3.63) is 51.7 Å². The molecule has 0 saturated carbocycles. The third-order valence-corrected chi connectivity index (χ3v) is 4.02. The van der Waals surface area contributed by atoms with Gasteiger partial charge in [-0.3, -0.25) is 0 Å². The first-order valence-electron chi connectivity index (χ1n) is 5.89. The van der Waals surface area contributed by atoms with Crippen molar-refractivity contribution in [3.8, 4) is 5.75 Å². The molecule has 2 rings (SSSR count). The van der Waals surface area contributed by atoms with Crippen molar-refractivity contribution in [3.63, 3.8) is 0 Å². The summed E-state index contributed by atoms with van der Waals surface area (Å²) in [5, 5.41) is 4.98. The van der Waals surface area contributed by atoms with E-state index in [2.05, 4.69) is 5.32 Å². The molecule has 19 heavy (non-hydrogen) atoms. The van der Waals surface area contributed by atoms with Crippen LogP contribution >= 0.6 is 11.3 Å². The summed E-state index contributed by atoms with van der Waals surface area (Å²) in [7, 11) is 3.35. The van der Waals surface area contributed by atoms with Crippen LogP contribution < -0.4 is 10.1 Å². The Morgan fingerprint density at radius 3 is 2.53 bits per heavy atom. The van der Waals surface area contributed by atoms with E-state index < -0.39 is 11.6 Å². The van der Waals surface area contributed by atoms with Crippen LogP contribution in [0.4, 0.5) is 8.78 Å². The van der Waals surface area contributed by atoms with E-state index in [-0.39, 0.29) is 18.0 Å². The maximum atomic E-state index is 13.7. The zero-order valence-electron chi connectivity index (χ0n) is 10.7. The highest BCUT2D eigenvalue weighted by molar-refractivity contribution is 7.10. The minimum Gasteiger partial charge on any atom is -0.496 e. The fourth-order valence-corrected chi connectivity index (χ4v) is 2.96. The van der Waals surface area contributed by atoms with E-state index in [0.29, 0.717) is 0 Å². The van der Waals surface area contributed by atoms with E-state index in [1.165, 1.54) is 29.5 Å². The van der Waals surface area contributed by atoms with Crippen molar-refractivity contribution in [1.82, 2.24) is 5.32 Å². The van der Waals surface area contributed by atoms with Crippen LogP contribution in [-0.4, -0.2) is 14.2 Å². The summed E-state index contributed by atoms with van der Waals surface area (Å²) in [6.45, 7) is 0. The second-order valence-corrected chi connectivity index (χ2v) is 5.05. The average molecular weight is 283 g/mol. The second-order valence-electron chi connectivity index (χ2n) is 4.10. The maximum absolute atomic E-state index is 13.7. The first-order valence-corrected chi connectivity index (χ1v) is 6.76. The van der Waals surface area contributed by atoms with E-state index >= 15 is 0 Å². The zero-order valence-corrected chi connectivity index (χ0v) is 11.6. The number of ether oxygens (including phenoxy) is 1. The lowest BCUT2D eigenvalue weighted by Gasteiger charge is -2.17. The maximum Gasteiger partial charge on any atom is 0.134 e. The number of likely N-dealkylation sites (N-methyl/N-ethyl adjacent to an activating group) is 1. The molecule has 102 valence electrons. The Labute approximate surface area is 115 Å². The van der Waals surface area contributed by atoms with Crippen molar-refractivity contribution in [1.29, 1.82) is 0 Å². The van der Waals surface area contributed by atoms with E-state index in [9.17, 15) is 8.78 Å². The molecule has 0 saturated heterocycles. The molecule has 1 unspecified atom stereocenters. The Bertz CT molecular complexity index is 536. The van der Waals surface area contributed by atoms with Crippen molar-refractivity contribution in [2.45, 2.75) is 12.5 Å². The highest BCUT2D eigenvalue weighted by atomic mass is 32.1. The van der Waals surface area contributed by atoms with Gasteiger partial charge in [-0.05, 0) is 37.0 Å². The van der Waals surface area contributed by atoms with Crippen LogP contribution in [-0.2, 0) is 6.42 Å². The van der Waals surface area contributed by atoms with Gasteiger partial charge >= 0.3 is 0 Å². The van der Waals surface area contributed by atoms with Crippen molar-refractivity contribution < 1.29 is 13.5 Å². The first-order chi connectivity index (χ1) is 9.17. The number of rotatable bonds is 5. The molecule has 2 nitrogen and oxygen atoms in total. The number of halogens is 2. The predicted octanol–water partition coefficient (Wildman–Crippen LogP) is 3.54. The van der Waals surface area contributed by atoms with Gasteiger partial charge in [-0.2, -0.15) is 0 Å². The topological polar surface area (TPSA) is 21.3 Å². The monoisotopic (exact) mass is 283 g/mol. The summed E-state index contributed by atoms with van der Waals surface area (Å²) in [5.74, 6) is -0.298. The fraction of sp³-hybridized carbons (Fsp3) is 0.286. The summed E-state index contributed by atoms with van der Waals surface area (Å²) in [6, 6.07) is 5.59. The molecule has 1 aromatic carbocycles. The normalized spacial score (nSPS) is 12.4. The number of methoxy groups -OCH3 is 1. The number of thiophene rings is 1. The van der Waals surface area contributed by atoms with Gasteiger partial charge in [0.05, 0.1) is 12.0 Å². The predicted molar refractivity (Wildman–Crippen MR) is 72.7 cm³/mol. The largest absolute Gasteiger partial charge is 0.496 e. The standard InChI is InChI=1S/C14H15F2NOS/c1-17-12(14-13(18-2)6-7-19-14)8-9-10(15)4-3-5-11(9)16/h3-7,12,17H,8H2,1-2H3. The molecule has 0 amide bonds. The minimum atomic E-state index is -0.518. The second kappa shape index (κ2) is 6.12. The Kier molecular flexibility index (Phi) is 4.50. The molecule has 0 aliphatic carbocycles. The Balaban J connectivity index is 2.29. The molecule has 0 aliphatic rings. The lowest BCUT2D eigenvalue weighted by Crippen LogP contribution is -2.19. The lowest BCUT2D eigenvalue weighted by molar-refractivity contribution is 0.404. The third kappa shape index (κ3) is 2.93. The van der Waals surface area contributed by atoms with Crippen LogP contribution in [0.3, 0.4) is 0 Å². The molecule has 1 N–H and O–H groups in total. The molecule has 1 heterocycles. The van der Waals surface area contributed by atoms with Gasteiger partial charge in [-0.25, -0.2) is 8.78 Å². The summed E-state index contributed by atoms with van der Waals surface area (Å²) < 4.78 is 32.6. The van der Waals surface area contributed by atoms with E-state index in [0.717, 1.165) is 10.6 Å². The molecule has 1 atom stereocenters. The molecule has 0 spiro atoms. The van der Waals surface area contributed by atoms with Crippen molar-refractivity contribution >= 4 is 11.3 Å². The smallest absolute Gasteiger partial charge is 0.134 e. The van der Waals surface area contributed by atoms with Crippen LogP contribution in [0.2, 0.25) is 0 Å². The molecular formula is C14H15F2NOS. The number of nitrogens with one attached hydrogen (secondary N) is 1. The highest BCUT2D eigenvalue weighted by Crippen LogP contribution is 2.33. The average Bonchev–Trinajstić information content (AvgIpc) is 2.87. The SMILES string of the molecule is CNC(Cc1c(F)cccc1F)c1sccc1OC. The Morgan fingerprint density at radius 1 is 1.26 bits per heavy atom. The minimum absolute atomic E-state index is 0.0947. The molecule has 0 aliphatic heterocycles. The molecule has 2 aromatic rings. The molecular weight excluding hydrogens is 268 g/mol. The van der Waals surface area contributed by atoms with Crippen LogP contribution in [0.5, 0.6) is 5.75 Å². The molecule has 1 aromatic heterocycles. The van der Waals surface area contributed by atoms with Crippen LogP contribution in [0, 0.1) is 11.6 Å². The third-order valence-electron chi connectivity index (χ3n) is 3.01. The van der Waals surface area contributed by atoms with Gasteiger partial charge in [0.1, 0.15) is 17.4 Å². The quantitative estimate of drug-likeness (QED) is 0.906. The van der Waals surface area contributed by atoms with Gasteiger partial charge in [-0.15, -0.1) is 11.3 Å². The van der Waals surface area contributed by atoms with Crippen molar-refractivity contribution in [2.24, 2.45) is 0 Å². The van der Waals surface area contributed by atoms with Gasteiger partial charge in [0.15, 0.2) is 0 Å². The summed E-state index contributed by atoms with van der Waals surface area (Å²) in [6.07, 6.45) is 0.242. The summed E-state index contributed by atoms with van der Waals surface area (Å²) >= 11 is 1.51. The highest BCUT2D eigenvalue weighted by Gasteiger charge is 2.20. The number of benzene rings is 1. The van der Waals surface area contributed by atoms with Crippen LogP contribution in [0.15, 0.2) is 29.6 Å². The first kappa shape index (κ1) is 14.0. The van der Waals surface area contributed by atoms with E-state index in [1.807, 2.05) is 11.4 Å². The van der Waals surface area contributed by atoms with E-state index in [4.69, 9.17) is 4.74 Å². The van der Waals surface area contributed by atoms with Gasteiger partial charge in [-0.1, -0.05) is 6.07 Å². The molecule has 0 fully saturated rings. The van der Waals surface area contributed by atoms with Gasteiger partial charge in [0.25, 0.3) is 0 Å². The van der Waals surface area contributed by atoms with Gasteiger partial charge in [0, 0.05) is 11.6 Å². The summed E-state index contributed by atoms with van der Waals surface area (Å²) in [4.78, 5) is 0.938. The van der Waals surface area contributed by atoms with Gasteiger partial charge in [0.2, 0.25) is 0 Å². The Morgan fingerprint density at radius 2 is 1.95 bits per heavy atom. The van der Waals surface area contributed by atoms with E-state index in [1.54, 1.807) is 14.2 Å². The molecule has 0 bridgehead atoms. The Hall–Kier alpha value is -1.46.